The number of likely N-dealkylation sites (tertiary alicyclic amines) is 4. The largest absolute Gasteiger partial charge is 0.491 e. The fourth-order valence-corrected chi connectivity index (χ4v) is 16.7. The number of aldehydes is 5. The number of thioether (sulfide) groups is 1. The maximum absolute atomic E-state index is 14.5. The number of hydrogen-bond acceptors (Lipinski definition) is 34. The van der Waals surface area contributed by atoms with E-state index in [0.29, 0.717) is 126 Å². The number of thiophene rings is 1. The SMILES string of the molecule is CC(C)(C)OC(=O)N1CCC(C(=O)Cc2ccccc2Br)CC1.CC(C)(C)OC(=O)N1CCC(COc2ccccc2NS(C)(=O)=O)CC1.CC(C)(C)Oc1cnc(C=O)c(Cl)n1.CC(C)(C)Oc1cncc(C=O)n1.CON(C)C(=O)C1(F)CCN(C(=O)OC(C)(C)C)CC1.COc1nc(C)cnc1C=O.COc1nc(Cl)cnc1C=O.CSc1ccccc1CC(=O)C1CCN(C(=O)OC(C)(C)C)CC1.O=Cc1cscc1Br. The minimum atomic E-state index is -3.36. The first kappa shape index (κ1) is 131. The summed E-state index contributed by atoms with van der Waals surface area (Å²) in [5, 5.41) is 4.82. The lowest BCUT2D eigenvalue weighted by atomic mass is 9.89. The highest BCUT2D eigenvalue weighted by molar-refractivity contribution is 9.10. The summed E-state index contributed by atoms with van der Waals surface area (Å²) in [5.41, 5.74) is 0.0835. The van der Waals surface area contributed by atoms with Crippen molar-refractivity contribution in [1.29, 1.82) is 0 Å². The third-order valence-electron chi connectivity index (χ3n) is 20.6. The number of carbonyl (C=O) groups excluding carboxylic acids is 12. The van der Waals surface area contributed by atoms with Gasteiger partial charge in [-0.1, -0.05) is 87.7 Å². The van der Waals surface area contributed by atoms with E-state index in [1.54, 1.807) is 83.8 Å². The van der Waals surface area contributed by atoms with Gasteiger partial charge in [0, 0.05) is 133 Å². The Morgan fingerprint density at radius 3 is 1.36 bits per heavy atom. The lowest BCUT2D eigenvalue weighted by Crippen LogP contribution is -2.53. The number of alkyl halides is 1. The number of aryl methyl sites for hydroxylation is 1. The van der Waals surface area contributed by atoms with E-state index in [-0.39, 0.29) is 124 Å². The van der Waals surface area contributed by atoms with Crippen LogP contribution in [0.2, 0.25) is 10.3 Å². The molecular formula is C104H141Br2Cl2FN14O24S3. The molecule has 824 valence electrons. The minimum Gasteiger partial charge on any atom is -0.491 e. The number of Topliss-reactive ketones (excluding diaryl/α,β-unsaturated/α-hetero) is 2. The normalized spacial score (nSPS) is 14.2. The Morgan fingerprint density at radius 1 is 0.520 bits per heavy atom. The summed E-state index contributed by atoms with van der Waals surface area (Å²) in [6.07, 6.45) is 17.4. The van der Waals surface area contributed by atoms with Gasteiger partial charge in [-0.05, 0) is 234 Å². The number of rotatable bonds is 23. The standard InChI is InChI=1S/C19H27NO3S.C18H24BrNO3.C18H28N2O5S.C13H23FN2O4.C9H11ClN2O2.C9H12N2O2.C7H8N2O2.C6H5ClN2O2.C5H3BrOS/c1-19(2,3)23-18(22)20-11-9-14(10-12-20)16(21)13-15-7-5-6-8-17(15)24-4;1-18(2,3)23-17(22)20-10-8-13(9-11-20)16(21)12-14-6-4-5-7-15(14)19;1-18(2,3)25-17(21)20-11-9-14(10-12-20)13-24-16-8-6-5-7-15(16)19-26(4,22)23;1-12(2,3)20-11(18)16-8-6-13(14,7-9-16)10(17)15(4)19-5;1-9(2,3)14-7-4-11-6(5-13)8(10)12-7;1-9(2,3)13-8-5-10-4-7(6-12)11-8;1-5-3-8-6(4-10)7(9-5)11-2;1-11-6-4(3-10)8-2-5(7)9-6;6-5-3-8-2-4(5)1-7/h5-8,14H,9-13H2,1-4H3;4-7,13H,8-12H2,1-3H3;5-8,14,19H,9-13H2,1-4H3;6-9H2,1-5H3;4-5H,1-3H3;4-6H,1-3H3;3-4H,1-2H3;2-3H,1H3;1-3H. The number of methoxy groups -OCH3 is 2. The van der Waals surface area contributed by atoms with Crippen LogP contribution in [-0.2, 0) is 61.0 Å². The summed E-state index contributed by atoms with van der Waals surface area (Å²) < 4.78 is 89.3. The number of nitrogens with one attached hydrogen (secondary N) is 1. The maximum Gasteiger partial charge on any atom is 0.410 e. The van der Waals surface area contributed by atoms with Gasteiger partial charge in [0.05, 0.1) is 70.4 Å². The second-order valence-electron chi connectivity index (χ2n) is 40.0. The fraction of sp³-hybridized carbons (Fsp3) is 0.519. The maximum atomic E-state index is 14.5. The third kappa shape index (κ3) is 50.6. The van der Waals surface area contributed by atoms with Crippen LogP contribution in [0, 0.1) is 24.7 Å². The first-order valence-corrected chi connectivity index (χ1v) is 54.1. The number of sulfonamides is 1. The third-order valence-corrected chi connectivity index (χ3v) is 25.0. The predicted octanol–water partition coefficient (Wildman–Crippen LogP) is 20.7. The number of halogens is 5. The summed E-state index contributed by atoms with van der Waals surface area (Å²) >= 11 is 21.0. The van der Waals surface area contributed by atoms with Crippen LogP contribution in [0.5, 0.6) is 29.3 Å². The molecule has 150 heavy (non-hydrogen) atoms. The average Bonchev–Trinajstić information content (AvgIpc) is 0.911. The number of amides is 5. The Kier molecular flexibility index (Phi) is 54.4. The highest BCUT2D eigenvalue weighted by Gasteiger charge is 2.46. The Balaban J connectivity index is 0.000000358. The quantitative estimate of drug-likeness (QED) is 0.0269. The van der Waals surface area contributed by atoms with Crippen molar-refractivity contribution in [2.24, 2.45) is 17.8 Å². The molecule has 9 heterocycles. The lowest BCUT2D eigenvalue weighted by Gasteiger charge is -2.37. The summed E-state index contributed by atoms with van der Waals surface area (Å²) in [4.78, 5) is 179. The molecule has 4 saturated heterocycles. The summed E-state index contributed by atoms with van der Waals surface area (Å²) in [5.74, 6) is 1.80. The van der Waals surface area contributed by atoms with Crippen LogP contribution in [0.4, 0.5) is 29.3 Å². The van der Waals surface area contributed by atoms with E-state index >= 15 is 0 Å². The molecule has 4 aliphatic heterocycles. The Bertz CT molecular complexity index is 5770. The van der Waals surface area contributed by atoms with Crippen molar-refractivity contribution in [1.82, 2.24) is 64.5 Å². The van der Waals surface area contributed by atoms with Crippen molar-refractivity contribution in [3.8, 4) is 29.3 Å². The van der Waals surface area contributed by atoms with Crippen LogP contribution in [0.15, 0.2) is 128 Å². The van der Waals surface area contributed by atoms with E-state index in [1.807, 2.05) is 158 Å². The first-order chi connectivity index (χ1) is 70.0. The van der Waals surface area contributed by atoms with Gasteiger partial charge in [0.1, 0.15) is 62.3 Å². The van der Waals surface area contributed by atoms with Crippen molar-refractivity contribution in [2.75, 3.05) is 105 Å². The van der Waals surface area contributed by atoms with Crippen LogP contribution >= 0.6 is 78.2 Å². The first-order valence-electron chi connectivity index (χ1n) is 47.7. The van der Waals surface area contributed by atoms with E-state index in [4.69, 9.17) is 70.7 Å². The van der Waals surface area contributed by atoms with Gasteiger partial charge in [-0.2, -0.15) is 21.3 Å². The molecule has 0 aliphatic carbocycles. The smallest absolute Gasteiger partial charge is 0.410 e. The number of ether oxygens (including phenoxy) is 9. The van der Waals surface area contributed by atoms with E-state index in [0.717, 1.165) is 79.5 Å². The van der Waals surface area contributed by atoms with Gasteiger partial charge in [0.15, 0.2) is 58.8 Å². The zero-order valence-corrected chi connectivity index (χ0v) is 96.9. The van der Waals surface area contributed by atoms with Gasteiger partial charge in [0.25, 0.3) is 5.91 Å². The van der Waals surface area contributed by atoms with Gasteiger partial charge in [-0.15, -0.1) is 11.8 Å². The lowest BCUT2D eigenvalue weighted by molar-refractivity contribution is -0.184. The number of aromatic nitrogens is 8. The molecule has 46 heteroatoms. The molecule has 0 saturated carbocycles. The zero-order chi connectivity index (χ0) is 113. The van der Waals surface area contributed by atoms with Crippen molar-refractivity contribution in [3.63, 3.8) is 0 Å². The number of carbonyl (C=O) groups is 12. The highest BCUT2D eigenvalue weighted by atomic mass is 79.9. The highest BCUT2D eigenvalue weighted by Crippen LogP contribution is 2.34. The van der Waals surface area contributed by atoms with Crippen LogP contribution in [0.3, 0.4) is 0 Å². The zero-order valence-electron chi connectivity index (χ0n) is 89.7. The molecule has 0 unspecified atom stereocenters. The topological polar surface area (TPSA) is 463 Å². The van der Waals surface area contributed by atoms with Crippen LogP contribution in [0.1, 0.15) is 245 Å². The van der Waals surface area contributed by atoms with Gasteiger partial charge in [0.2, 0.25) is 33.5 Å². The van der Waals surface area contributed by atoms with Gasteiger partial charge in [-0.3, -0.25) is 52.9 Å². The second-order valence-corrected chi connectivity index (χ2v) is 45.8. The molecule has 1 N–H and O–H groups in total. The van der Waals surface area contributed by atoms with E-state index in [2.05, 4.69) is 82.5 Å². The van der Waals surface area contributed by atoms with E-state index in [1.165, 1.54) is 75.6 Å². The molecule has 5 aromatic heterocycles. The second kappa shape index (κ2) is 62.4. The molecule has 0 bridgehead atoms. The Hall–Kier alpha value is -11.6. The molecule has 0 radical (unpaired) electrons. The number of anilines is 1. The van der Waals surface area contributed by atoms with Gasteiger partial charge < -0.3 is 62.2 Å². The number of nitrogens with zero attached hydrogens (tertiary/aromatic N) is 13. The molecule has 3 aromatic carbocycles. The fourth-order valence-electron chi connectivity index (χ4n) is 13.5. The van der Waals surface area contributed by atoms with Crippen molar-refractivity contribution >= 4 is 167 Å². The van der Waals surface area contributed by atoms with Crippen LogP contribution in [0.25, 0.3) is 0 Å². The van der Waals surface area contributed by atoms with Crippen molar-refractivity contribution in [3.05, 3.63) is 179 Å². The van der Waals surface area contributed by atoms with E-state index < -0.39 is 50.1 Å². The number of hydroxylamine groups is 2. The molecule has 0 spiro atoms. The molecule has 4 aliphatic rings. The number of para-hydroxylation sites is 2. The molecule has 38 nitrogen and oxygen atoms in total. The molecule has 4 fully saturated rings. The van der Waals surface area contributed by atoms with Crippen LogP contribution < -0.4 is 28.4 Å². The minimum absolute atomic E-state index is 0.0285. The van der Waals surface area contributed by atoms with Crippen LogP contribution in [-0.4, -0.2) is 285 Å². The van der Waals surface area contributed by atoms with Crippen molar-refractivity contribution < 1.29 is 118 Å². The molecule has 5 amide bonds. The average molecular weight is 2320 g/mol. The van der Waals surface area contributed by atoms with Gasteiger partial charge in [-0.25, -0.2) is 62.0 Å². The van der Waals surface area contributed by atoms with E-state index in [9.17, 15) is 70.3 Å². The molecule has 8 aromatic rings. The predicted molar refractivity (Wildman–Crippen MR) is 578 cm³/mol. The number of ketones is 2. The summed E-state index contributed by atoms with van der Waals surface area (Å²) in [6, 6.07) is 22.8. The monoisotopic (exact) mass is 2310 g/mol. The van der Waals surface area contributed by atoms with Gasteiger partial charge >= 0.3 is 24.4 Å². The molecule has 12 rings (SSSR count). The summed E-state index contributed by atoms with van der Waals surface area (Å²) in [6.45, 7) is 39.6. The Morgan fingerprint density at radius 2 is 0.947 bits per heavy atom. The summed E-state index contributed by atoms with van der Waals surface area (Å²) in [7, 11) is 2.16. The Labute approximate surface area is 913 Å². The molecular weight excluding hydrogens is 2180 g/mol. The van der Waals surface area contributed by atoms with Crippen molar-refractivity contribution in [2.45, 2.75) is 240 Å². The number of piperidine rings is 4. The number of benzene rings is 3. The molecule has 0 atom stereocenters. The number of hydrogen-bond donors (Lipinski definition) is 1.